The maximum atomic E-state index is 15.2. The van der Waals surface area contributed by atoms with Gasteiger partial charge in [-0.2, -0.15) is 0 Å². The van der Waals surface area contributed by atoms with E-state index in [2.05, 4.69) is 0 Å². The summed E-state index contributed by atoms with van der Waals surface area (Å²) in [4.78, 5) is 18.8. The molecule has 3 fully saturated rings. The first-order valence-corrected chi connectivity index (χ1v) is 8.53. The zero-order valence-corrected chi connectivity index (χ0v) is 14.4. The largest absolute Gasteiger partial charge is 0.331 e. The van der Waals surface area contributed by atoms with E-state index in [1.165, 1.54) is 22.6 Å². The van der Waals surface area contributed by atoms with Crippen molar-refractivity contribution in [1.29, 1.82) is 0 Å². The van der Waals surface area contributed by atoms with E-state index >= 15 is 8.78 Å². The van der Waals surface area contributed by atoms with E-state index < -0.39 is 18.0 Å². The van der Waals surface area contributed by atoms with E-state index in [4.69, 9.17) is 0 Å². The van der Waals surface area contributed by atoms with E-state index in [0.717, 1.165) is 13.1 Å². The summed E-state index contributed by atoms with van der Waals surface area (Å²) < 4.78 is 30.5. The molecule has 0 aromatic rings. The number of rotatable bonds is 2. The van der Waals surface area contributed by atoms with Gasteiger partial charge in [0.1, 0.15) is 5.54 Å². The van der Waals surface area contributed by atoms with E-state index in [-0.39, 0.29) is 6.03 Å². The highest BCUT2D eigenvalue weighted by Gasteiger charge is 2.62. The zero-order chi connectivity index (χ0) is 16.8. The van der Waals surface area contributed by atoms with Gasteiger partial charge in [0.2, 0.25) is 0 Å². The van der Waals surface area contributed by atoms with Crippen LogP contribution in [0.25, 0.3) is 0 Å². The van der Waals surface area contributed by atoms with Gasteiger partial charge in [0.25, 0.3) is 5.92 Å². The molecule has 7 heteroatoms. The van der Waals surface area contributed by atoms with Crippen molar-refractivity contribution in [3.05, 3.63) is 0 Å². The van der Waals surface area contributed by atoms with Gasteiger partial charge in [0, 0.05) is 46.8 Å². The SMILES string of the molecule is CN1CCN(CC2CC2)C2(CCN(C(=O)N(C)C)CC2(F)F)C1. The Labute approximate surface area is 137 Å². The van der Waals surface area contributed by atoms with Crippen LogP contribution < -0.4 is 0 Å². The van der Waals surface area contributed by atoms with Gasteiger partial charge < -0.3 is 14.7 Å². The first-order valence-electron chi connectivity index (χ1n) is 8.53. The minimum absolute atomic E-state index is 0.322. The van der Waals surface area contributed by atoms with Crippen LogP contribution >= 0.6 is 0 Å². The number of piperazine rings is 1. The van der Waals surface area contributed by atoms with Crippen molar-refractivity contribution in [2.75, 3.05) is 60.4 Å². The quantitative estimate of drug-likeness (QED) is 0.767. The van der Waals surface area contributed by atoms with Crippen molar-refractivity contribution >= 4 is 6.03 Å². The first-order chi connectivity index (χ1) is 10.7. The van der Waals surface area contributed by atoms with Crippen LogP contribution in [0.5, 0.6) is 0 Å². The molecule has 0 aromatic carbocycles. The van der Waals surface area contributed by atoms with Crippen molar-refractivity contribution in [3.63, 3.8) is 0 Å². The predicted octanol–water partition coefficient (Wildman–Crippen LogP) is 1.41. The van der Waals surface area contributed by atoms with E-state index in [0.29, 0.717) is 32.0 Å². The Hall–Kier alpha value is -0.950. The van der Waals surface area contributed by atoms with Crippen LogP contribution in [0.4, 0.5) is 13.6 Å². The highest BCUT2D eigenvalue weighted by atomic mass is 19.3. The summed E-state index contributed by atoms with van der Waals surface area (Å²) in [7, 11) is 5.14. The molecule has 2 saturated heterocycles. The van der Waals surface area contributed by atoms with Gasteiger partial charge in [-0.15, -0.1) is 0 Å². The van der Waals surface area contributed by atoms with Crippen molar-refractivity contribution in [2.24, 2.45) is 5.92 Å². The lowest BCUT2D eigenvalue weighted by molar-refractivity contribution is -0.199. The van der Waals surface area contributed by atoms with E-state index in [9.17, 15) is 4.79 Å². The Balaban J connectivity index is 1.81. The Morgan fingerprint density at radius 3 is 2.43 bits per heavy atom. The fourth-order valence-corrected chi connectivity index (χ4v) is 4.01. The molecular formula is C16H28F2N4O. The van der Waals surface area contributed by atoms with Crippen LogP contribution in [0.2, 0.25) is 0 Å². The average molecular weight is 330 g/mol. The second-order valence-electron chi connectivity index (χ2n) is 7.71. The van der Waals surface area contributed by atoms with Crippen molar-refractivity contribution in [2.45, 2.75) is 30.7 Å². The van der Waals surface area contributed by atoms with Crippen LogP contribution in [-0.4, -0.2) is 97.5 Å². The summed E-state index contributed by atoms with van der Waals surface area (Å²) in [5.41, 5.74) is -1.12. The van der Waals surface area contributed by atoms with Gasteiger partial charge in [-0.3, -0.25) is 4.90 Å². The summed E-state index contributed by atoms with van der Waals surface area (Å²) >= 11 is 0. The Morgan fingerprint density at radius 1 is 1.17 bits per heavy atom. The molecule has 1 spiro atoms. The number of amides is 2. The number of likely N-dealkylation sites (tertiary alicyclic amines) is 1. The molecule has 2 amide bonds. The maximum Gasteiger partial charge on any atom is 0.319 e. The molecule has 1 unspecified atom stereocenters. The topological polar surface area (TPSA) is 30.0 Å². The number of alkyl halides is 2. The third-order valence-electron chi connectivity index (χ3n) is 5.58. The third kappa shape index (κ3) is 3.05. The number of hydrogen-bond donors (Lipinski definition) is 0. The monoisotopic (exact) mass is 330 g/mol. The second-order valence-corrected chi connectivity index (χ2v) is 7.71. The molecule has 3 rings (SSSR count). The maximum absolute atomic E-state index is 15.2. The van der Waals surface area contributed by atoms with E-state index in [1.807, 2.05) is 16.8 Å². The first kappa shape index (κ1) is 16.9. The molecule has 2 heterocycles. The highest BCUT2D eigenvalue weighted by Crippen LogP contribution is 2.45. The Kier molecular flexibility index (Phi) is 4.29. The molecule has 2 aliphatic heterocycles. The summed E-state index contributed by atoms with van der Waals surface area (Å²) in [5.74, 6) is -2.30. The van der Waals surface area contributed by atoms with Gasteiger partial charge >= 0.3 is 6.03 Å². The number of likely N-dealkylation sites (N-methyl/N-ethyl adjacent to an activating group) is 1. The average Bonchev–Trinajstić information content (AvgIpc) is 3.28. The molecule has 3 aliphatic rings. The van der Waals surface area contributed by atoms with Gasteiger partial charge in [-0.05, 0) is 32.2 Å². The molecule has 132 valence electrons. The molecule has 0 aromatic heterocycles. The second kappa shape index (κ2) is 5.84. The van der Waals surface area contributed by atoms with Crippen molar-refractivity contribution in [3.8, 4) is 0 Å². The summed E-state index contributed by atoms with van der Waals surface area (Å²) in [6.07, 6.45) is 2.68. The normalized spacial score (nSPS) is 32.3. The summed E-state index contributed by atoms with van der Waals surface area (Å²) in [5, 5.41) is 0. The van der Waals surface area contributed by atoms with Crippen molar-refractivity contribution < 1.29 is 13.6 Å². The van der Waals surface area contributed by atoms with E-state index in [1.54, 1.807) is 14.1 Å². The third-order valence-corrected chi connectivity index (χ3v) is 5.58. The number of halogens is 2. The minimum atomic E-state index is -2.89. The minimum Gasteiger partial charge on any atom is -0.331 e. The van der Waals surface area contributed by atoms with Gasteiger partial charge in [0.05, 0.1) is 6.54 Å². The number of carbonyl (C=O) groups excluding carboxylic acids is 1. The van der Waals surface area contributed by atoms with Crippen LogP contribution in [-0.2, 0) is 0 Å². The van der Waals surface area contributed by atoms with Gasteiger partial charge in [-0.1, -0.05) is 0 Å². The number of nitrogens with zero attached hydrogens (tertiary/aromatic N) is 4. The van der Waals surface area contributed by atoms with Crippen LogP contribution in [0.15, 0.2) is 0 Å². The van der Waals surface area contributed by atoms with Crippen LogP contribution in [0, 0.1) is 5.92 Å². The predicted molar refractivity (Wildman–Crippen MR) is 84.7 cm³/mol. The zero-order valence-electron chi connectivity index (χ0n) is 14.4. The Bertz CT molecular complexity index is 469. The van der Waals surface area contributed by atoms with Gasteiger partial charge in [0.15, 0.2) is 0 Å². The van der Waals surface area contributed by atoms with Gasteiger partial charge in [-0.25, -0.2) is 13.6 Å². The lowest BCUT2D eigenvalue weighted by Crippen LogP contribution is -2.75. The van der Waals surface area contributed by atoms with Crippen LogP contribution in [0.3, 0.4) is 0 Å². The number of hydrogen-bond acceptors (Lipinski definition) is 3. The molecule has 5 nitrogen and oxygen atoms in total. The number of carbonyl (C=O) groups is 1. The molecule has 0 radical (unpaired) electrons. The Morgan fingerprint density at radius 2 is 1.87 bits per heavy atom. The molecule has 23 heavy (non-hydrogen) atoms. The summed E-state index contributed by atoms with van der Waals surface area (Å²) in [6.45, 7) is 2.64. The number of piperidine rings is 1. The molecular weight excluding hydrogens is 302 g/mol. The fourth-order valence-electron chi connectivity index (χ4n) is 4.01. The lowest BCUT2D eigenvalue weighted by atomic mass is 9.79. The highest BCUT2D eigenvalue weighted by molar-refractivity contribution is 5.74. The van der Waals surface area contributed by atoms with Crippen molar-refractivity contribution in [1.82, 2.24) is 19.6 Å². The number of urea groups is 1. The molecule has 1 atom stereocenters. The fraction of sp³-hybridized carbons (Fsp3) is 0.938. The molecule has 1 saturated carbocycles. The molecule has 0 N–H and O–H groups in total. The lowest BCUT2D eigenvalue weighted by Gasteiger charge is -2.57. The molecule has 1 aliphatic carbocycles. The standard InChI is InChI=1S/C16H28F2N4O/c1-19(2)14(23)21-7-6-15(16(17,18)12-21)11-20(3)8-9-22(15)10-13-4-5-13/h13H,4-12H2,1-3H3. The smallest absolute Gasteiger partial charge is 0.319 e. The summed E-state index contributed by atoms with van der Waals surface area (Å²) in [6, 6.07) is -0.322. The molecule has 0 bridgehead atoms. The van der Waals surface area contributed by atoms with Crippen LogP contribution in [0.1, 0.15) is 19.3 Å².